The van der Waals surface area contributed by atoms with Crippen LogP contribution in [0.2, 0.25) is 5.02 Å². The number of nitrogens with zero attached hydrogens (tertiary/aromatic N) is 1. The summed E-state index contributed by atoms with van der Waals surface area (Å²) < 4.78 is 10.4. The fourth-order valence-corrected chi connectivity index (χ4v) is 3.30. The number of hydrogen-bond acceptors (Lipinski definition) is 6. The molecule has 1 N–H and O–H groups in total. The summed E-state index contributed by atoms with van der Waals surface area (Å²) >= 11 is 12.3. The van der Waals surface area contributed by atoms with E-state index in [0.717, 1.165) is 10.5 Å². The molecule has 2 amide bonds. The molecular weight excluding hydrogens is 443 g/mol. The van der Waals surface area contributed by atoms with Gasteiger partial charge in [-0.15, -0.1) is 0 Å². The van der Waals surface area contributed by atoms with E-state index in [0.29, 0.717) is 35.1 Å². The number of benzene rings is 2. The van der Waals surface area contributed by atoms with E-state index < -0.39 is 17.8 Å². The number of carbonyl (C=O) groups excluding carboxylic acids is 3. The summed E-state index contributed by atoms with van der Waals surface area (Å²) in [5.41, 5.74) is 1.69. The van der Waals surface area contributed by atoms with E-state index in [1.165, 1.54) is 31.4 Å². The summed E-state index contributed by atoms with van der Waals surface area (Å²) in [5, 5.41) is 3.13. The molecule has 162 valence electrons. The number of halogens is 2. The van der Waals surface area contributed by atoms with E-state index in [1.54, 1.807) is 19.1 Å². The molecule has 1 heterocycles. The molecule has 1 aliphatic heterocycles. The molecule has 0 aliphatic carbocycles. The molecule has 3 rings (SSSR count). The van der Waals surface area contributed by atoms with Crippen molar-refractivity contribution < 1.29 is 23.9 Å². The number of hydrogen-bond donors (Lipinski definition) is 1. The fraction of sp³-hybridized carbons (Fsp3) is 0.227. The van der Waals surface area contributed by atoms with Crippen LogP contribution in [0.5, 0.6) is 5.75 Å². The van der Waals surface area contributed by atoms with E-state index in [1.807, 2.05) is 6.92 Å². The Morgan fingerprint density at radius 1 is 1.10 bits per heavy atom. The first-order valence-electron chi connectivity index (χ1n) is 9.45. The lowest BCUT2D eigenvalue weighted by atomic mass is 10.2. The van der Waals surface area contributed by atoms with Gasteiger partial charge in [0.1, 0.15) is 16.5 Å². The summed E-state index contributed by atoms with van der Waals surface area (Å²) in [7, 11) is 1.46. The van der Waals surface area contributed by atoms with E-state index in [9.17, 15) is 14.4 Å². The van der Waals surface area contributed by atoms with Gasteiger partial charge in [0.05, 0.1) is 30.7 Å². The normalized spacial score (nSPS) is 13.6. The van der Waals surface area contributed by atoms with Crippen molar-refractivity contribution in [3.05, 3.63) is 63.3 Å². The van der Waals surface area contributed by atoms with Crippen LogP contribution in [-0.2, 0) is 14.3 Å². The van der Waals surface area contributed by atoms with Crippen molar-refractivity contribution in [1.29, 1.82) is 0 Å². The Labute approximate surface area is 189 Å². The zero-order chi connectivity index (χ0) is 22.7. The fourth-order valence-electron chi connectivity index (χ4n) is 2.94. The number of rotatable bonds is 7. The highest BCUT2D eigenvalue weighted by atomic mass is 35.5. The zero-order valence-electron chi connectivity index (χ0n) is 17.1. The van der Waals surface area contributed by atoms with Gasteiger partial charge in [-0.3, -0.25) is 9.59 Å². The number of ether oxygens (including phenoxy) is 2. The van der Waals surface area contributed by atoms with E-state index >= 15 is 0 Å². The van der Waals surface area contributed by atoms with E-state index in [4.69, 9.17) is 32.7 Å². The Balaban J connectivity index is 1.85. The number of methoxy groups -OCH3 is 1. The number of anilines is 2. The maximum absolute atomic E-state index is 13.0. The topological polar surface area (TPSA) is 84.9 Å². The van der Waals surface area contributed by atoms with Gasteiger partial charge in [0.25, 0.3) is 11.8 Å². The largest absolute Gasteiger partial charge is 0.495 e. The molecule has 0 fully saturated rings. The second kappa shape index (κ2) is 9.41. The van der Waals surface area contributed by atoms with E-state index in [-0.39, 0.29) is 16.4 Å². The first kappa shape index (κ1) is 22.7. The number of aryl methyl sites for hydroxylation is 1. The van der Waals surface area contributed by atoms with E-state index in [2.05, 4.69) is 5.32 Å². The minimum atomic E-state index is -0.680. The highest BCUT2D eigenvalue weighted by molar-refractivity contribution is 6.53. The molecule has 0 atom stereocenters. The van der Waals surface area contributed by atoms with Crippen LogP contribution in [0.4, 0.5) is 11.4 Å². The van der Waals surface area contributed by atoms with Gasteiger partial charge < -0.3 is 14.8 Å². The Hall–Kier alpha value is -3.03. The molecule has 0 radical (unpaired) electrons. The quantitative estimate of drug-likeness (QED) is 0.475. The van der Waals surface area contributed by atoms with Gasteiger partial charge >= 0.3 is 5.97 Å². The summed E-state index contributed by atoms with van der Waals surface area (Å²) in [5.74, 6) is -1.40. The number of amides is 2. The lowest BCUT2D eigenvalue weighted by Gasteiger charge is -2.16. The lowest BCUT2D eigenvalue weighted by molar-refractivity contribution is -0.120. The Kier molecular flexibility index (Phi) is 6.87. The highest BCUT2D eigenvalue weighted by Gasteiger charge is 2.39. The van der Waals surface area contributed by atoms with Gasteiger partial charge in [0, 0.05) is 11.1 Å². The first-order chi connectivity index (χ1) is 14.8. The standard InChI is InChI=1S/C22H20Cl2N2O5/c1-4-9-31-22(29)13-5-7-14(8-6-13)26-20(27)18(24)19(21(26)28)25-16-10-12(2)15(23)11-17(16)30-3/h5-8,10-11,25H,4,9H2,1-3H3. The predicted molar refractivity (Wildman–Crippen MR) is 119 cm³/mol. The summed E-state index contributed by atoms with van der Waals surface area (Å²) in [6, 6.07) is 9.23. The third-order valence-corrected chi connectivity index (χ3v) is 5.32. The molecule has 0 spiro atoms. The minimum absolute atomic E-state index is 0.0851. The second-order valence-corrected chi connectivity index (χ2v) is 7.53. The van der Waals surface area contributed by atoms with Gasteiger partial charge in [-0.25, -0.2) is 9.69 Å². The summed E-state index contributed by atoms with van der Waals surface area (Å²) in [6.07, 6.45) is 0.707. The molecule has 0 bridgehead atoms. The summed E-state index contributed by atoms with van der Waals surface area (Å²) in [6.45, 7) is 4.00. The van der Waals surface area contributed by atoms with Crippen LogP contribution in [0.25, 0.3) is 0 Å². The van der Waals surface area contributed by atoms with Crippen molar-refractivity contribution in [2.45, 2.75) is 20.3 Å². The van der Waals surface area contributed by atoms with Crippen molar-refractivity contribution in [3.8, 4) is 5.75 Å². The first-order valence-corrected chi connectivity index (χ1v) is 10.2. The number of esters is 1. The SMILES string of the molecule is CCCOC(=O)c1ccc(N2C(=O)C(Cl)=C(Nc3cc(C)c(Cl)cc3OC)C2=O)cc1. The maximum atomic E-state index is 13.0. The van der Waals surface area contributed by atoms with Gasteiger partial charge in [-0.1, -0.05) is 30.1 Å². The Bertz CT molecular complexity index is 1080. The number of nitrogens with one attached hydrogen (secondary N) is 1. The molecule has 1 aliphatic rings. The van der Waals surface area contributed by atoms with Gasteiger partial charge in [0.2, 0.25) is 0 Å². The van der Waals surface area contributed by atoms with Gasteiger partial charge in [-0.05, 0) is 49.2 Å². The Morgan fingerprint density at radius 3 is 2.39 bits per heavy atom. The van der Waals surface area contributed by atoms with Crippen LogP contribution in [0.1, 0.15) is 29.3 Å². The van der Waals surface area contributed by atoms with Crippen molar-refractivity contribution in [3.63, 3.8) is 0 Å². The zero-order valence-corrected chi connectivity index (χ0v) is 18.6. The lowest BCUT2D eigenvalue weighted by Crippen LogP contribution is -2.32. The van der Waals surface area contributed by atoms with Crippen LogP contribution in [0, 0.1) is 6.92 Å². The Morgan fingerprint density at radius 2 is 1.77 bits per heavy atom. The molecule has 0 saturated heterocycles. The average molecular weight is 463 g/mol. The van der Waals surface area contributed by atoms with Gasteiger partial charge in [-0.2, -0.15) is 0 Å². The molecule has 2 aromatic carbocycles. The number of carbonyl (C=O) groups is 3. The molecule has 7 nitrogen and oxygen atoms in total. The van der Waals surface area contributed by atoms with Crippen molar-refractivity contribution in [1.82, 2.24) is 0 Å². The molecule has 0 unspecified atom stereocenters. The van der Waals surface area contributed by atoms with Crippen LogP contribution < -0.4 is 15.0 Å². The van der Waals surface area contributed by atoms with Crippen LogP contribution in [0.15, 0.2) is 47.1 Å². The molecule has 0 aromatic heterocycles. The smallest absolute Gasteiger partial charge is 0.338 e. The average Bonchev–Trinajstić information content (AvgIpc) is 2.97. The monoisotopic (exact) mass is 462 g/mol. The van der Waals surface area contributed by atoms with Crippen molar-refractivity contribution in [2.24, 2.45) is 0 Å². The molecule has 0 saturated carbocycles. The third-order valence-electron chi connectivity index (χ3n) is 4.57. The van der Waals surface area contributed by atoms with Crippen LogP contribution >= 0.6 is 23.2 Å². The van der Waals surface area contributed by atoms with Crippen molar-refractivity contribution >= 4 is 52.4 Å². The third kappa shape index (κ3) is 4.52. The predicted octanol–water partition coefficient (Wildman–Crippen LogP) is 4.66. The van der Waals surface area contributed by atoms with Gasteiger partial charge in [0.15, 0.2) is 0 Å². The van der Waals surface area contributed by atoms with Crippen LogP contribution in [0.3, 0.4) is 0 Å². The van der Waals surface area contributed by atoms with Crippen LogP contribution in [-0.4, -0.2) is 31.5 Å². The minimum Gasteiger partial charge on any atom is -0.495 e. The molecular formula is C22H20Cl2N2O5. The molecule has 31 heavy (non-hydrogen) atoms. The summed E-state index contributed by atoms with van der Waals surface area (Å²) in [4.78, 5) is 38.6. The number of imide groups is 1. The molecule has 9 heteroatoms. The van der Waals surface area contributed by atoms with Crippen molar-refractivity contribution in [2.75, 3.05) is 23.9 Å². The second-order valence-electron chi connectivity index (χ2n) is 6.74. The maximum Gasteiger partial charge on any atom is 0.338 e. The highest BCUT2D eigenvalue weighted by Crippen LogP contribution is 2.35. The molecule has 2 aromatic rings.